The van der Waals surface area contributed by atoms with E-state index in [2.05, 4.69) is 18.3 Å². The Bertz CT molecular complexity index is 322. The van der Waals surface area contributed by atoms with E-state index in [1.807, 2.05) is 6.07 Å². The Morgan fingerprint density at radius 2 is 2.36 bits per heavy atom. The van der Waals surface area contributed by atoms with Crippen LogP contribution in [-0.2, 0) is 6.42 Å². The molecule has 1 aliphatic carbocycles. The summed E-state index contributed by atoms with van der Waals surface area (Å²) in [4.78, 5) is 0. The molecule has 2 heteroatoms. The fourth-order valence-corrected chi connectivity index (χ4v) is 2.26. The number of fused-ring (bicyclic) bond motifs is 1. The highest BCUT2D eigenvalue weighted by Crippen LogP contribution is 2.31. The highest BCUT2D eigenvalue weighted by molar-refractivity contribution is 5.38. The van der Waals surface area contributed by atoms with Gasteiger partial charge in [-0.15, -0.1) is 0 Å². The van der Waals surface area contributed by atoms with Crippen LogP contribution in [0.4, 0.5) is 0 Å². The van der Waals surface area contributed by atoms with E-state index in [9.17, 15) is 5.11 Å². The number of hydrogen-bond donors (Lipinski definition) is 2. The Hall–Kier alpha value is -1.02. The monoisotopic (exact) mass is 191 g/mol. The van der Waals surface area contributed by atoms with Gasteiger partial charge in [-0.05, 0) is 49.1 Å². The second-order valence-electron chi connectivity index (χ2n) is 3.89. The first kappa shape index (κ1) is 9.53. The van der Waals surface area contributed by atoms with Gasteiger partial charge in [-0.1, -0.05) is 13.0 Å². The van der Waals surface area contributed by atoms with E-state index in [0.29, 0.717) is 11.8 Å². The van der Waals surface area contributed by atoms with E-state index >= 15 is 0 Å². The Balaban J connectivity index is 2.30. The Morgan fingerprint density at radius 1 is 1.50 bits per heavy atom. The topological polar surface area (TPSA) is 32.3 Å². The number of aromatic hydroxyl groups is 1. The van der Waals surface area contributed by atoms with Crippen molar-refractivity contribution in [3.63, 3.8) is 0 Å². The third kappa shape index (κ3) is 1.75. The van der Waals surface area contributed by atoms with Gasteiger partial charge >= 0.3 is 0 Å². The SMILES string of the molecule is CCNC1CCCc2cc(O)ccc21. The highest BCUT2D eigenvalue weighted by Gasteiger charge is 2.18. The molecule has 0 heterocycles. The van der Waals surface area contributed by atoms with Crippen LogP contribution in [0.1, 0.15) is 36.9 Å². The molecule has 1 unspecified atom stereocenters. The van der Waals surface area contributed by atoms with Gasteiger partial charge in [0.15, 0.2) is 0 Å². The third-order valence-electron chi connectivity index (χ3n) is 2.89. The first-order valence-electron chi connectivity index (χ1n) is 5.36. The molecule has 1 aromatic rings. The van der Waals surface area contributed by atoms with Crippen LogP contribution in [0.15, 0.2) is 18.2 Å². The maximum atomic E-state index is 9.38. The van der Waals surface area contributed by atoms with Crippen molar-refractivity contribution in [3.05, 3.63) is 29.3 Å². The molecule has 0 fully saturated rings. The first-order valence-corrected chi connectivity index (χ1v) is 5.36. The minimum absolute atomic E-state index is 0.390. The molecular weight excluding hydrogens is 174 g/mol. The minimum Gasteiger partial charge on any atom is -0.508 e. The number of benzene rings is 1. The van der Waals surface area contributed by atoms with Crippen molar-refractivity contribution in [2.45, 2.75) is 32.2 Å². The average Bonchev–Trinajstić information content (AvgIpc) is 2.18. The zero-order valence-electron chi connectivity index (χ0n) is 8.59. The van der Waals surface area contributed by atoms with Gasteiger partial charge in [0.2, 0.25) is 0 Å². The van der Waals surface area contributed by atoms with E-state index in [0.717, 1.165) is 13.0 Å². The molecule has 76 valence electrons. The molecule has 0 amide bonds. The second-order valence-corrected chi connectivity index (χ2v) is 3.89. The molecule has 1 atom stereocenters. The van der Waals surface area contributed by atoms with Crippen LogP contribution in [0, 0.1) is 0 Å². The van der Waals surface area contributed by atoms with Crippen LogP contribution in [0.2, 0.25) is 0 Å². The van der Waals surface area contributed by atoms with Crippen LogP contribution in [0.3, 0.4) is 0 Å². The lowest BCUT2D eigenvalue weighted by molar-refractivity contribution is 0.457. The second kappa shape index (κ2) is 4.01. The van der Waals surface area contributed by atoms with Gasteiger partial charge in [0.1, 0.15) is 5.75 Å². The molecule has 0 aromatic heterocycles. The zero-order chi connectivity index (χ0) is 9.97. The summed E-state index contributed by atoms with van der Waals surface area (Å²) in [6, 6.07) is 6.23. The molecule has 2 nitrogen and oxygen atoms in total. The molecule has 0 radical (unpaired) electrons. The summed E-state index contributed by atoms with van der Waals surface area (Å²) in [5, 5.41) is 12.9. The van der Waals surface area contributed by atoms with Crippen LogP contribution < -0.4 is 5.32 Å². The van der Waals surface area contributed by atoms with E-state index in [1.165, 1.54) is 24.0 Å². The summed E-state index contributed by atoms with van der Waals surface area (Å²) in [6.45, 7) is 3.14. The maximum absolute atomic E-state index is 9.38. The van der Waals surface area contributed by atoms with E-state index < -0.39 is 0 Å². The number of hydrogen-bond acceptors (Lipinski definition) is 2. The summed E-state index contributed by atoms with van der Waals surface area (Å²) < 4.78 is 0. The van der Waals surface area contributed by atoms with Crippen molar-refractivity contribution < 1.29 is 5.11 Å². The molecule has 0 saturated carbocycles. The van der Waals surface area contributed by atoms with Gasteiger partial charge in [-0.2, -0.15) is 0 Å². The first-order chi connectivity index (χ1) is 6.81. The van der Waals surface area contributed by atoms with E-state index in [1.54, 1.807) is 6.07 Å². The van der Waals surface area contributed by atoms with Gasteiger partial charge in [0, 0.05) is 6.04 Å². The maximum Gasteiger partial charge on any atom is 0.115 e. The van der Waals surface area contributed by atoms with Crippen LogP contribution >= 0.6 is 0 Å². The average molecular weight is 191 g/mol. The fraction of sp³-hybridized carbons (Fsp3) is 0.500. The number of nitrogens with one attached hydrogen (secondary N) is 1. The van der Waals surface area contributed by atoms with Crippen molar-refractivity contribution >= 4 is 0 Å². The lowest BCUT2D eigenvalue weighted by Gasteiger charge is -2.26. The van der Waals surface area contributed by atoms with Crippen LogP contribution in [0.25, 0.3) is 0 Å². The molecule has 1 aromatic carbocycles. The Morgan fingerprint density at radius 3 is 3.14 bits per heavy atom. The summed E-state index contributed by atoms with van der Waals surface area (Å²) in [5.74, 6) is 0.390. The molecule has 0 spiro atoms. The predicted octanol–water partition coefficient (Wildman–Crippen LogP) is 2.38. The smallest absolute Gasteiger partial charge is 0.115 e. The quantitative estimate of drug-likeness (QED) is 0.752. The number of rotatable bonds is 2. The number of phenolic OH excluding ortho intramolecular Hbond substituents is 1. The fourth-order valence-electron chi connectivity index (χ4n) is 2.26. The number of phenols is 1. The lowest BCUT2D eigenvalue weighted by atomic mass is 9.87. The predicted molar refractivity (Wildman–Crippen MR) is 57.5 cm³/mol. The van der Waals surface area contributed by atoms with Crippen molar-refractivity contribution in [2.24, 2.45) is 0 Å². The van der Waals surface area contributed by atoms with Crippen molar-refractivity contribution in [1.29, 1.82) is 0 Å². The molecule has 2 N–H and O–H groups in total. The van der Waals surface area contributed by atoms with Crippen molar-refractivity contribution in [3.8, 4) is 5.75 Å². The minimum atomic E-state index is 0.390. The van der Waals surface area contributed by atoms with Gasteiger partial charge in [0.25, 0.3) is 0 Å². The Labute approximate surface area is 85.0 Å². The van der Waals surface area contributed by atoms with E-state index in [-0.39, 0.29) is 0 Å². The molecule has 0 aliphatic heterocycles. The summed E-state index contributed by atoms with van der Waals surface area (Å²) >= 11 is 0. The molecule has 0 saturated heterocycles. The summed E-state index contributed by atoms with van der Waals surface area (Å²) in [5.41, 5.74) is 2.68. The highest BCUT2D eigenvalue weighted by atomic mass is 16.3. The summed E-state index contributed by atoms with van der Waals surface area (Å²) in [6.07, 6.45) is 3.53. The van der Waals surface area contributed by atoms with Gasteiger partial charge in [-0.25, -0.2) is 0 Å². The zero-order valence-corrected chi connectivity index (χ0v) is 8.59. The summed E-state index contributed by atoms with van der Waals surface area (Å²) in [7, 11) is 0. The van der Waals surface area contributed by atoms with Gasteiger partial charge in [0.05, 0.1) is 0 Å². The largest absolute Gasteiger partial charge is 0.508 e. The molecule has 0 bridgehead atoms. The lowest BCUT2D eigenvalue weighted by Crippen LogP contribution is -2.24. The van der Waals surface area contributed by atoms with Gasteiger partial charge < -0.3 is 10.4 Å². The standard InChI is InChI=1S/C12H17NO/c1-2-13-12-5-3-4-9-8-10(14)6-7-11(9)12/h6-8,12-14H,2-5H2,1H3. The molecule has 14 heavy (non-hydrogen) atoms. The number of aryl methyl sites for hydroxylation is 1. The third-order valence-corrected chi connectivity index (χ3v) is 2.89. The van der Waals surface area contributed by atoms with Crippen molar-refractivity contribution in [2.75, 3.05) is 6.54 Å². The normalized spacial score (nSPS) is 20.5. The van der Waals surface area contributed by atoms with E-state index in [4.69, 9.17) is 0 Å². The Kier molecular flexibility index (Phi) is 2.73. The molecule has 2 rings (SSSR count). The van der Waals surface area contributed by atoms with Crippen LogP contribution in [-0.4, -0.2) is 11.7 Å². The van der Waals surface area contributed by atoms with Crippen molar-refractivity contribution in [1.82, 2.24) is 5.32 Å². The molecular formula is C12H17NO. The van der Waals surface area contributed by atoms with Gasteiger partial charge in [-0.3, -0.25) is 0 Å². The van der Waals surface area contributed by atoms with Crippen LogP contribution in [0.5, 0.6) is 5.75 Å². The molecule has 1 aliphatic rings.